The molecule has 2 aliphatic heterocycles. The fourth-order valence-corrected chi connectivity index (χ4v) is 6.63. The van der Waals surface area contributed by atoms with E-state index in [1.165, 1.54) is 4.31 Å². The zero-order chi connectivity index (χ0) is 20.2. The van der Waals surface area contributed by atoms with E-state index in [-0.39, 0.29) is 41.5 Å². The van der Waals surface area contributed by atoms with Crippen LogP contribution in [0.5, 0.6) is 0 Å². The van der Waals surface area contributed by atoms with Gasteiger partial charge in [0.15, 0.2) is 15.8 Å². The number of sulfonamides is 1. The first-order valence-electron chi connectivity index (χ1n) is 9.64. The van der Waals surface area contributed by atoms with Crippen LogP contribution in [0.3, 0.4) is 0 Å². The minimum absolute atomic E-state index is 0. The van der Waals surface area contributed by atoms with E-state index in [1.54, 1.807) is 24.3 Å². The summed E-state index contributed by atoms with van der Waals surface area (Å²) in [5, 5.41) is 6.29. The number of halogens is 1. The van der Waals surface area contributed by atoms with Crippen molar-refractivity contribution in [3.63, 3.8) is 0 Å². The van der Waals surface area contributed by atoms with Gasteiger partial charge in [0, 0.05) is 25.7 Å². The quantitative estimate of drug-likeness (QED) is 0.311. The Hall–Kier alpha value is -0.920. The van der Waals surface area contributed by atoms with Crippen molar-refractivity contribution in [3.05, 3.63) is 29.8 Å². The lowest BCUT2D eigenvalue weighted by atomic mass is 10.2. The predicted molar refractivity (Wildman–Crippen MR) is 125 cm³/mol. The van der Waals surface area contributed by atoms with Crippen LogP contribution in [0.2, 0.25) is 0 Å². The average molecular weight is 556 g/mol. The monoisotopic (exact) mass is 556 g/mol. The van der Waals surface area contributed by atoms with Gasteiger partial charge in [-0.25, -0.2) is 21.8 Å². The summed E-state index contributed by atoms with van der Waals surface area (Å²) in [7, 11) is -6.36. The molecule has 0 saturated carbocycles. The van der Waals surface area contributed by atoms with Crippen LogP contribution in [0.15, 0.2) is 34.2 Å². The molecule has 2 saturated heterocycles. The van der Waals surface area contributed by atoms with E-state index in [0.717, 1.165) is 18.4 Å². The van der Waals surface area contributed by atoms with Crippen LogP contribution in [-0.2, 0) is 26.4 Å². The van der Waals surface area contributed by atoms with Gasteiger partial charge in [-0.05, 0) is 43.9 Å². The summed E-state index contributed by atoms with van der Waals surface area (Å²) in [4.78, 5) is 4.81. The summed E-state index contributed by atoms with van der Waals surface area (Å²) < 4.78 is 49.9. The minimum atomic E-state index is -3.41. The maximum absolute atomic E-state index is 12.6. The molecule has 0 aromatic heterocycles. The van der Waals surface area contributed by atoms with Crippen molar-refractivity contribution in [1.82, 2.24) is 14.9 Å². The first kappa shape index (κ1) is 24.4. The molecule has 1 atom stereocenters. The first-order chi connectivity index (χ1) is 13.3. The molecule has 2 fully saturated rings. The summed E-state index contributed by atoms with van der Waals surface area (Å²) in [5.41, 5.74) is 0.886. The molecule has 0 bridgehead atoms. The Morgan fingerprint density at radius 1 is 1.21 bits per heavy atom. The molecule has 0 spiro atoms. The second-order valence-electron chi connectivity index (χ2n) is 7.19. The van der Waals surface area contributed by atoms with Crippen molar-refractivity contribution in [3.8, 4) is 0 Å². The van der Waals surface area contributed by atoms with E-state index in [1.807, 2.05) is 6.92 Å². The Morgan fingerprint density at radius 2 is 1.86 bits per heavy atom. The fourth-order valence-electron chi connectivity index (χ4n) is 3.44. The fraction of sp³-hybridized carbons (Fsp3) is 0.611. The van der Waals surface area contributed by atoms with Crippen LogP contribution in [0.25, 0.3) is 0 Å². The zero-order valence-electron chi connectivity index (χ0n) is 16.5. The SMILES string of the molecule is CCNC(=NCc1ccc(S(=O)(=O)N2CCCC2)cc1)NC1CCS(=O)(=O)C1.I. The summed E-state index contributed by atoms with van der Waals surface area (Å²) in [5.74, 6) is 0.899. The number of sulfone groups is 1. The first-order valence-corrected chi connectivity index (χ1v) is 12.9. The lowest BCUT2D eigenvalue weighted by molar-refractivity contribution is 0.477. The molecule has 8 nitrogen and oxygen atoms in total. The molecular formula is C18H29IN4O4S2. The van der Waals surface area contributed by atoms with Crippen LogP contribution in [0, 0.1) is 0 Å². The molecule has 164 valence electrons. The van der Waals surface area contributed by atoms with Crippen LogP contribution in [-0.4, -0.2) is 64.3 Å². The van der Waals surface area contributed by atoms with Gasteiger partial charge in [-0.15, -0.1) is 24.0 Å². The Balaban J connectivity index is 0.00000300. The molecule has 0 amide bonds. The van der Waals surface area contributed by atoms with Crippen LogP contribution >= 0.6 is 24.0 Å². The van der Waals surface area contributed by atoms with Crippen molar-refractivity contribution < 1.29 is 16.8 Å². The smallest absolute Gasteiger partial charge is 0.243 e. The Morgan fingerprint density at radius 3 is 2.41 bits per heavy atom. The molecule has 2 heterocycles. The summed E-state index contributed by atoms with van der Waals surface area (Å²) in [6.07, 6.45) is 2.40. The lowest BCUT2D eigenvalue weighted by Crippen LogP contribution is -2.44. The second-order valence-corrected chi connectivity index (χ2v) is 11.4. The van der Waals surface area contributed by atoms with Crippen LogP contribution in [0.4, 0.5) is 0 Å². The molecule has 1 aromatic rings. The van der Waals surface area contributed by atoms with E-state index >= 15 is 0 Å². The summed E-state index contributed by atoms with van der Waals surface area (Å²) in [6, 6.07) is 6.67. The Bertz CT molecular complexity index is 912. The number of hydrogen-bond donors (Lipinski definition) is 2. The van der Waals surface area contributed by atoms with E-state index in [4.69, 9.17) is 0 Å². The standard InChI is InChI=1S/C18H28N4O4S2.HI/c1-2-19-18(21-16-9-12-27(23,24)14-16)20-13-15-5-7-17(8-6-15)28(25,26)22-10-3-4-11-22;/h5-8,16H,2-4,9-14H2,1H3,(H2,19,20,21);1H. The molecule has 1 unspecified atom stereocenters. The van der Waals surface area contributed by atoms with E-state index in [9.17, 15) is 16.8 Å². The topological polar surface area (TPSA) is 108 Å². The van der Waals surface area contributed by atoms with Crippen molar-refractivity contribution in [1.29, 1.82) is 0 Å². The molecule has 3 rings (SSSR count). The van der Waals surface area contributed by atoms with E-state index in [0.29, 0.717) is 43.5 Å². The summed E-state index contributed by atoms with van der Waals surface area (Å²) in [6.45, 7) is 4.16. The molecule has 0 radical (unpaired) electrons. The molecule has 2 aliphatic rings. The predicted octanol–water partition coefficient (Wildman–Crippen LogP) is 1.33. The van der Waals surface area contributed by atoms with Crippen molar-refractivity contribution in [2.24, 2.45) is 4.99 Å². The zero-order valence-corrected chi connectivity index (χ0v) is 20.5. The summed E-state index contributed by atoms with van der Waals surface area (Å²) >= 11 is 0. The third kappa shape index (κ3) is 6.53. The molecule has 0 aliphatic carbocycles. The molecular weight excluding hydrogens is 527 g/mol. The van der Waals surface area contributed by atoms with Gasteiger partial charge < -0.3 is 10.6 Å². The van der Waals surface area contributed by atoms with Gasteiger partial charge in [-0.3, -0.25) is 0 Å². The van der Waals surface area contributed by atoms with Gasteiger partial charge >= 0.3 is 0 Å². The highest BCUT2D eigenvalue weighted by Gasteiger charge is 2.28. The van der Waals surface area contributed by atoms with Gasteiger partial charge in [-0.2, -0.15) is 4.31 Å². The number of guanidine groups is 1. The van der Waals surface area contributed by atoms with Gasteiger partial charge in [0.05, 0.1) is 22.9 Å². The highest BCUT2D eigenvalue weighted by Crippen LogP contribution is 2.21. The number of hydrogen-bond acceptors (Lipinski definition) is 5. The average Bonchev–Trinajstić information content (AvgIpc) is 3.30. The third-order valence-electron chi connectivity index (χ3n) is 4.96. The number of aliphatic imine (C=N–C) groups is 1. The van der Waals surface area contributed by atoms with Crippen molar-refractivity contribution >= 4 is 49.8 Å². The number of rotatable bonds is 6. The van der Waals surface area contributed by atoms with Crippen LogP contribution < -0.4 is 10.6 Å². The Labute approximate surface area is 190 Å². The second kappa shape index (κ2) is 10.4. The van der Waals surface area contributed by atoms with Crippen LogP contribution in [0.1, 0.15) is 31.7 Å². The maximum Gasteiger partial charge on any atom is 0.243 e. The number of nitrogens with one attached hydrogen (secondary N) is 2. The molecule has 11 heteroatoms. The Kier molecular flexibility index (Phi) is 8.73. The molecule has 29 heavy (non-hydrogen) atoms. The van der Waals surface area contributed by atoms with Crippen molar-refractivity contribution in [2.45, 2.75) is 43.7 Å². The third-order valence-corrected chi connectivity index (χ3v) is 8.64. The van der Waals surface area contributed by atoms with Gasteiger partial charge in [0.1, 0.15) is 0 Å². The number of nitrogens with zero attached hydrogens (tertiary/aromatic N) is 2. The molecule has 2 N–H and O–H groups in total. The van der Waals surface area contributed by atoms with E-state index in [2.05, 4.69) is 15.6 Å². The molecule has 1 aromatic carbocycles. The minimum Gasteiger partial charge on any atom is -0.357 e. The normalized spacial score (nSPS) is 22.2. The highest BCUT2D eigenvalue weighted by molar-refractivity contribution is 14.0. The maximum atomic E-state index is 12.6. The number of benzene rings is 1. The largest absolute Gasteiger partial charge is 0.357 e. The van der Waals surface area contributed by atoms with Gasteiger partial charge in [-0.1, -0.05) is 12.1 Å². The van der Waals surface area contributed by atoms with Gasteiger partial charge in [0.25, 0.3) is 0 Å². The van der Waals surface area contributed by atoms with Gasteiger partial charge in [0.2, 0.25) is 10.0 Å². The van der Waals surface area contributed by atoms with Crippen molar-refractivity contribution in [2.75, 3.05) is 31.1 Å². The lowest BCUT2D eigenvalue weighted by Gasteiger charge is -2.16. The van der Waals surface area contributed by atoms with E-state index < -0.39 is 19.9 Å². The highest BCUT2D eigenvalue weighted by atomic mass is 127.